The van der Waals surface area contributed by atoms with Gasteiger partial charge < -0.3 is 15.1 Å². The Morgan fingerprint density at radius 1 is 1.06 bits per heavy atom. The van der Waals surface area contributed by atoms with E-state index < -0.39 is 0 Å². The Labute approximate surface area is 110 Å². The molecule has 0 unspecified atom stereocenters. The first-order chi connectivity index (χ1) is 8.16. The summed E-state index contributed by atoms with van der Waals surface area (Å²) in [7, 11) is 0. The summed E-state index contributed by atoms with van der Waals surface area (Å²) in [6, 6.07) is 0.505. The first kappa shape index (κ1) is 15.0. The van der Waals surface area contributed by atoms with E-state index in [4.69, 9.17) is 4.42 Å². The van der Waals surface area contributed by atoms with E-state index in [0.29, 0.717) is 23.9 Å². The van der Waals surface area contributed by atoms with Gasteiger partial charge in [-0.3, -0.25) is 0 Å². The third-order valence-electron chi connectivity index (χ3n) is 2.39. The Bertz CT molecular complexity index is 360. The molecule has 5 nitrogen and oxygen atoms in total. The van der Waals surface area contributed by atoms with Crippen molar-refractivity contribution in [3.05, 3.63) is 5.89 Å². The number of hydrogen-bond donors (Lipinski definition) is 2. The van der Waals surface area contributed by atoms with Gasteiger partial charge in [0.1, 0.15) is 0 Å². The lowest BCUT2D eigenvalue weighted by molar-refractivity contribution is 0.377. The van der Waals surface area contributed by atoms with Gasteiger partial charge in [0.25, 0.3) is 0 Å². The molecule has 0 aliphatic carbocycles. The Morgan fingerprint density at radius 3 is 2.28 bits per heavy atom. The normalized spacial score (nSPS) is 12.8. The van der Waals surface area contributed by atoms with Crippen LogP contribution in [-0.2, 0) is 6.54 Å². The van der Waals surface area contributed by atoms with E-state index in [0.717, 1.165) is 13.0 Å². The summed E-state index contributed by atoms with van der Waals surface area (Å²) in [5, 5.41) is 14.4. The van der Waals surface area contributed by atoms with Crippen molar-refractivity contribution < 1.29 is 4.42 Å². The predicted octanol–water partition coefficient (Wildman–Crippen LogP) is 2.81. The molecule has 0 amide bonds. The quantitative estimate of drug-likeness (QED) is 0.846. The van der Waals surface area contributed by atoms with Crippen LogP contribution in [0.5, 0.6) is 0 Å². The van der Waals surface area contributed by atoms with Crippen LogP contribution in [0.1, 0.15) is 53.9 Å². The summed E-state index contributed by atoms with van der Waals surface area (Å²) >= 11 is 0. The van der Waals surface area contributed by atoms with E-state index in [1.165, 1.54) is 0 Å². The molecule has 0 aliphatic rings. The topological polar surface area (TPSA) is 63.0 Å². The smallest absolute Gasteiger partial charge is 0.315 e. The van der Waals surface area contributed by atoms with Crippen LogP contribution in [0.15, 0.2) is 4.42 Å². The van der Waals surface area contributed by atoms with Crippen LogP contribution >= 0.6 is 0 Å². The van der Waals surface area contributed by atoms with E-state index in [-0.39, 0.29) is 5.54 Å². The number of anilines is 1. The Kier molecular flexibility index (Phi) is 4.73. The molecule has 0 spiro atoms. The summed E-state index contributed by atoms with van der Waals surface area (Å²) < 4.78 is 5.50. The fourth-order valence-corrected chi connectivity index (χ4v) is 1.28. The number of nitrogens with one attached hydrogen (secondary N) is 2. The van der Waals surface area contributed by atoms with Crippen LogP contribution in [0.2, 0.25) is 0 Å². The van der Waals surface area contributed by atoms with Gasteiger partial charge in [-0.2, -0.15) is 0 Å². The standard InChI is InChI=1S/C13H26N4O/c1-12(2,3)7-8-14-11-17-16-10(18-11)9-15-13(4,5)6/h15H,7-9H2,1-6H3,(H,14,17). The second kappa shape index (κ2) is 5.69. The van der Waals surface area contributed by atoms with Crippen molar-refractivity contribution in [1.82, 2.24) is 15.5 Å². The highest BCUT2D eigenvalue weighted by molar-refractivity contribution is 5.16. The lowest BCUT2D eigenvalue weighted by Crippen LogP contribution is -2.35. The van der Waals surface area contributed by atoms with Crippen LogP contribution in [0.4, 0.5) is 6.01 Å². The molecule has 104 valence electrons. The molecule has 5 heteroatoms. The van der Waals surface area contributed by atoms with Crippen molar-refractivity contribution in [3.8, 4) is 0 Å². The summed E-state index contributed by atoms with van der Waals surface area (Å²) in [6.45, 7) is 14.4. The van der Waals surface area contributed by atoms with Crippen molar-refractivity contribution in [2.24, 2.45) is 5.41 Å². The molecular formula is C13H26N4O. The van der Waals surface area contributed by atoms with E-state index in [1.54, 1.807) is 0 Å². The summed E-state index contributed by atoms with van der Waals surface area (Å²) in [6.07, 6.45) is 1.06. The lowest BCUT2D eigenvalue weighted by Gasteiger charge is -2.18. The number of nitrogens with zero attached hydrogens (tertiary/aromatic N) is 2. The fourth-order valence-electron chi connectivity index (χ4n) is 1.28. The summed E-state index contributed by atoms with van der Waals surface area (Å²) in [5.74, 6) is 0.614. The molecular weight excluding hydrogens is 228 g/mol. The van der Waals surface area contributed by atoms with E-state index in [1.807, 2.05) is 0 Å². The highest BCUT2D eigenvalue weighted by Gasteiger charge is 2.13. The van der Waals surface area contributed by atoms with Gasteiger partial charge in [0, 0.05) is 12.1 Å². The molecule has 0 fully saturated rings. The van der Waals surface area contributed by atoms with Crippen molar-refractivity contribution in [2.45, 2.75) is 60.0 Å². The van der Waals surface area contributed by atoms with Gasteiger partial charge in [-0.15, -0.1) is 5.10 Å². The first-order valence-electron chi connectivity index (χ1n) is 6.47. The van der Waals surface area contributed by atoms with E-state index in [9.17, 15) is 0 Å². The Morgan fingerprint density at radius 2 is 1.72 bits per heavy atom. The zero-order valence-electron chi connectivity index (χ0n) is 12.4. The minimum atomic E-state index is 0.0499. The third kappa shape index (κ3) is 6.59. The Balaban J connectivity index is 2.35. The predicted molar refractivity (Wildman–Crippen MR) is 73.5 cm³/mol. The van der Waals surface area contributed by atoms with E-state index >= 15 is 0 Å². The maximum atomic E-state index is 5.50. The van der Waals surface area contributed by atoms with Crippen molar-refractivity contribution in [3.63, 3.8) is 0 Å². The van der Waals surface area contributed by atoms with Crippen LogP contribution < -0.4 is 10.6 Å². The minimum Gasteiger partial charge on any atom is -0.407 e. The fraction of sp³-hybridized carbons (Fsp3) is 0.846. The SMILES string of the molecule is CC(C)(C)CCNc1nnc(CNC(C)(C)C)o1. The van der Waals surface area contributed by atoms with Crippen LogP contribution in [0.3, 0.4) is 0 Å². The molecule has 0 aliphatic heterocycles. The van der Waals surface area contributed by atoms with Crippen LogP contribution in [0, 0.1) is 5.41 Å². The number of aromatic nitrogens is 2. The molecule has 1 rings (SSSR count). The molecule has 0 bridgehead atoms. The average molecular weight is 254 g/mol. The molecule has 0 saturated heterocycles. The monoisotopic (exact) mass is 254 g/mol. The molecule has 0 atom stereocenters. The molecule has 1 heterocycles. The highest BCUT2D eigenvalue weighted by atomic mass is 16.4. The van der Waals surface area contributed by atoms with Crippen molar-refractivity contribution in [2.75, 3.05) is 11.9 Å². The molecule has 1 aromatic rings. The number of hydrogen-bond acceptors (Lipinski definition) is 5. The second-order valence-electron chi connectivity index (χ2n) is 6.84. The summed E-state index contributed by atoms with van der Waals surface area (Å²) in [4.78, 5) is 0. The molecule has 2 N–H and O–H groups in total. The van der Waals surface area contributed by atoms with Crippen molar-refractivity contribution in [1.29, 1.82) is 0 Å². The van der Waals surface area contributed by atoms with Gasteiger partial charge >= 0.3 is 6.01 Å². The first-order valence-corrected chi connectivity index (χ1v) is 6.47. The maximum absolute atomic E-state index is 5.50. The van der Waals surface area contributed by atoms with Crippen molar-refractivity contribution >= 4 is 6.01 Å². The molecule has 0 saturated carbocycles. The summed E-state index contributed by atoms with van der Waals surface area (Å²) in [5.41, 5.74) is 0.359. The van der Waals surface area contributed by atoms with Gasteiger partial charge in [0.05, 0.1) is 6.54 Å². The van der Waals surface area contributed by atoms with Gasteiger partial charge in [-0.1, -0.05) is 25.9 Å². The highest BCUT2D eigenvalue weighted by Crippen LogP contribution is 2.18. The van der Waals surface area contributed by atoms with Gasteiger partial charge in [0.2, 0.25) is 5.89 Å². The van der Waals surface area contributed by atoms with E-state index in [2.05, 4.69) is 62.4 Å². The van der Waals surface area contributed by atoms with Gasteiger partial charge in [0.15, 0.2) is 0 Å². The van der Waals surface area contributed by atoms with Gasteiger partial charge in [-0.05, 0) is 32.6 Å². The third-order valence-corrected chi connectivity index (χ3v) is 2.39. The molecule has 18 heavy (non-hydrogen) atoms. The Hall–Kier alpha value is -1.10. The lowest BCUT2D eigenvalue weighted by atomic mass is 9.92. The van der Waals surface area contributed by atoms with Crippen LogP contribution in [-0.4, -0.2) is 22.3 Å². The second-order valence-corrected chi connectivity index (χ2v) is 6.84. The average Bonchev–Trinajstić information content (AvgIpc) is 2.60. The maximum Gasteiger partial charge on any atom is 0.315 e. The van der Waals surface area contributed by atoms with Gasteiger partial charge in [-0.25, -0.2) is 0 Å². The molecule has 1 aromatic heterocycles. The minimum absolute atomic E-state index is 0.0499. The zero-order valence-corrected chi connectivity index (χ0v) is 12.4. The molecule has 0 aromatic carbocycles. The number of rotatable bonds is 5. The largest absolute Gasteiger partial charge is 0.407 e. The van der Waals surface area contributed by atoms with Crippen LogP contribution in [0.25, 0.3) is 0 Å². The zero-order chi connectivity index (χ0) is 13.8. The molecule has 0 radical (unpaired) electrons.